The molecule has 2 aliphatic rings. The van der Waals surface area contributed by atoms with E-state index in [-0.39, 0.29) is 18.0 Å². The van der Waals surface area contributed by atoms with Crippen LogP contribution in [0.1, 0.15) is 24.8 Å². The number of carbonyl (C=O) groups excluding carboxylic acids is 2. The molecule has 0 aliphatic carbocycles. The van der Waals surface area contributed by atoms with Gasteiger partial charge in [0.25, 0.3) is 0 Å². The molecular weight excluding hydrogens is 370 g/mol. The van der Waals surface area contributed by atoms with Crippen LogP contribution < -0.4 is 0 Å². The van der Waals surface area contributed by atoms with Gasteiger partial charge in [-0.15, -0.1) is 0 Å². The zero-order valence-corrected chi connectivity index (χ0v) is 16.7. The number of ether oxygens (including phenoxy) is 1. The number of amides is 1. The van der Waals surface area contributed by atoms with Gasteiger partial charge in [0.05, 0.1) is 24.8 Å². The number of carbonyl (C=O) groups is 2. The van der Waals surface area contributed by atoms with Gasteiger partial charge in [0.1, 0.15) is 6.10 Å². The van der Waals surface area contributed by atoms with Crippen molar-refractivity contribution in [3.63, 3.8) is 0 Å². The summed E-state index contributed by atoms with van der Waals surface area (Å²) in [5, 5.41) is 0. The van der Waals surface area contributed by atoms with Gasteiger partial charge in [-0.25, -0.2) is 4.98 Å². The smallest absolute Gasteiger partial charge is 0.312 e. The Labute approximate surface area is 170 Å². The normalized spacial score (nSPS) is 21.0. The fourth-order valence-electron chi connectivity index (χ4n) is 4.35. The highest BCUT2D eigenvalue weighted by Gasteiger charge is 2.50. The molecule has 0 radical (unpaired) electrons. The van der Waals surface area contributed by atoms with Crippen molar-refractivity contribution < 1.29 is 14.3 Å². The number of aromatic nitrogens is 3. The van der Waals surface area contributed by atoms with Crippen molar-refractivity contribution in [3.05, 3.63) is 48.8 Å². The standard InChI is InChI=1S/C21H27N5O3/c1-24(13-17-3-2-6-22-12-17)15-19(27)26-8-4-21(5-9-26)11-18(29-20(21)28)14-25-10-7-23-16-25/h2-3,6-7,10,12,16,18H,4-5,8-9,11,13-15H2,1H3. The summed E-state index contributed by atoms with van der Waals surface area (Å²) in [6, 6.07) is 3.90. The van der Waals surface area contributed by atoms with Crippen LogP contribution in [0.4, 0.5) is 0 Å². The van der Waals surface area contributed by atoms with Crippen LogP contribution >= 0.6 is 0 Å². The van der Waals surface area contributed by atoms with E-state index in [2.05, 4.69) is 9.97 Å². The first-order valence-electron chi connectivity index (χ1n) is 10.1. The highest BCUT2D eigenvalue weighted by molar-refractivity contribution is 5.81. The molecule has 1 atom stereocenters. The lowest BCUT2D eigenvalue weighted by molar-refractivity contribution is -0.152. The maximum absolute atomic E-state index is 12.7. The summed E-state index contributed by atoms with van der Waals surface area (Å²) in [5.74, 6) is -0.00372. The van der Waals surface area contributed by atoms with E-state index in [1.807, 2.05) is 45.9 Å². The third-order valence-corrected chi connectivity index (χ3v) is 5.95. The molecule has 2 fully saturated rings. The zero-order chi connectivity index (χ0) is 20.3. The molecule has 4 rings (SSSR count). The summed E-state index contributed by atoms with van der Waals surface area (Å²) in [6.45, 7) is 2.88. The summed E-state index contributed by atoms with van der Waals surface area (Å²) in [6.07, 6.45) is 10.8. The van der Waals surface area contributed by atoms with Gasteiger partial charge in [0, 0.05) is 50.8 Å². The van der Waals surface area contributed by atoms with Crippen molar-refractivity contribution in [3.8, 4) is 0 Å². The number of pyridine rings is 1. The topological polar surface area (TPSA) is 80.6 Å². The van der Waals surface area contributed by atoms with Gasteiger partial charge in [0.15, 0.2) is 0 Å². The zero-order valence-electron chi connectivity index (χ0n) is 16.7. The second-order valence-electron chi connectivity index (χ2n) is 8.19. The van der Waals surface area contributed by atoms with Gasteiger partial charge < -0.3 is 14.2 Å². The van der Waals surface area contributed by atoms with Gasteiger partial charge in [-0.3, -0.25) is 19.5 Å². The second-order valence-corrected chi connectivity index (χ2v) is 8.19. The third-order valence-electron chi connectivity index (χ3n) is 5.95. The molecule has 0 N–H and O–H groups in total. The molecule has 1 spiro atoms. The van der Waals surface area contributed by atoms with Crippen LogP contribution in [0.15, 0.2) is 43.2 Å². The number of esters is 1. The molecule has 2 aromatic heterocycles. The number of imidazole rings is 1. The lowest BCUT2D eigenvalue weighted by atomic mass is 9.76. The molecule has 0 saturated carbocycles. The summed E-state index contributed by atoms with van der Waals surface area (Å²) >= 11 is 0. The molecule has 0 aromatic carbocycles. The molecular formula is C21H27N5O3. The van der Waals surface area contributed by atoms with Crippen LogP contribution in [0.2, 0.25) is 0 Å². The van der Waals surface area contributed by atoms with E-state index < -0.39 is 5.41 Å². The molecule has 4 heterocycles. The minimum absolute atomic E-state index is 0.104. The van der Waals surface area contributed by atoms with E-state index >= 15 is 0 Å². The lowest BCUT2D eigenvalue weighted by Gasteiger charge is -2.37. The highest BCUT2D eigenvalue weighted by atomic mass is 16.6. The Morgan fingerprint density at radius 1 is 1.31 bits per heavy atom. The Kier molecular flexibility index (Phi) is 5.62. The summed E-state index contributed by atoms with van der Waals surface area (Å²) in [7, 11) is 1.94. The number of likely N-dealkylation sites (N-methyl/N-ethyl adjacent to an activating group) is 1. The number of hydrogen-bond donors (Lipinski definition) is 0. The number of piperidine rings is 1. The molecule has 1 unspecified atom stereocenters. The van der Waals surface area contributed by atoms with E-state index in [1.165, 1.54) is 0 Å². The molecule has 2 aromatic rings. The number of cyclic esters (lactones) is 1. The van der Waals surface area contributed by atoms with Gasteiger partial charge >= 0.3 is 5.97 Å². The van der Waals surface area contributed by atoms with E-state index in [9.17, 15) is 9.59 Å². The summed E-state index contributed by atoms with van der Waals surface area (Å²) < 4.78 is 7.59. The van der Waals surface area contributed by atoms with Gasteiger partial charge in [-0.2, -0.15) is 0 Å². The molecule has 154 valence electrons. The van der Waals surface area contributed by atoms with Crippen molar-refractivity contribution in [2.75, 3.05) is 26.7 Å². The van der Waals surface area contributed by atoms with Crippen LogP contribution in [-0.2, 0) is 27.4 Å². The first kappa shape index (κ1) is 19.6. The van der Waals surface area contributed by atoms with Crippen LogP contribution in [0.3, 0.4) is 0 Å². The fourth-order valence-corrected chi connectivity index (χ4v) is 4.35. The molecule has 2 saturated heterocycles. The molecule has 29 heavy (non-hydrogen) atoms. The molecule has 8 nitrogen and oxygen atoms in total. The average molecular weight is 397 g/mol. The molecule has 8 heteroatoms. The van der Waals surface area contributed by atoms with Gasteiger partial charge in [0.2, 0.25) is 5.91 Å². The minimum atomic E-state index is -0.441. The van der Waals surface area contributed by atoms with Crippen molar-refractivity contribution >= 4 is 11.9 Å². The van der Waals surface area contributed by atoms with Crippen LogP contribution in [0, 0.1) is 5.41 Å². The number of rotatable bonds is 6. The van der Waals surface area contributed by atoms with Crippen LogP contribution in [-0.4, -0.2) is 69.0 Å². The van der Waals surface area contributed by atoms with E-state index in [1.54, 1.807) is 18.7 Å². The van der Waals surface area contributed by atoms with Crippen molar-refractivity contribution in [2.45, 2.75) is 38.5 Å². The lowest BCUT2D eigenvalue weighted by Crippen LogP contribution is -2.47. The maximum Gasteiger partial charge on any atom is 0.312 e. The Morgan fingerprint density at radius 2 is 2.14 bits per heavy atom. The van der Waals surface area contributed by atoms with Gasteiger partial charge in [-0.05, 0) is 31.5 Å². The second kappa shape index (κ2) is 8.32. The van der Waals surface area contributed by atoms with Crippen molar-refractivity contribution in [1.29, 1.82) is 0 Å². The Morgan fingerprint density at radius 3 is 2.83 bits per heavy atom. The number of hydrogen-bond acceptors (Lipinski definition) is 6. The summed E-state index contributed by atoms with van der Waals surface area (Å²) in [5.41, 5.74) is 0.641. The monoisotopic (exact) mass is 397 g/mol. The quantitative estimate of drug-likeness (QED) is 0.685. The Balaban J connectivity index is 1.27. The summed E-state index contributed by atoms with van der Waals surface area (Å²) in [4.78, 5) is 37.3. The predicted octanol–water partition coefficient (Wildman–Crippen LogP) is 1.33. The van der Waals surface area contributed by atoms with Crippen molar-refractivity contribution in [2.24, 2.45) is 5.41 Å². The van der Waals surface area contributed by atoms with E-state index in [4.69, 9.17) is 4.74 Å². The SMILES string of the molecule is CN(CC(=O)N1CCC2(CC1)CC(Cn1ccnc1)OC2=O)Cc1cccnc1. The Hall–Kier alpha value is -2.74. The highest BCUT2D eigenvalue weighted by Crippen LogP contribution is 2.43. The number of likely N-dealkylation sites (tertiary alicyclic amines) is 1. The fraction of sp³-hybridized carbons (Fsp3) is 0.524. The largest absolute Gasteiger partial charge is 0.460 e. The van der Waals surface area contributed by atoms with Crippen LogP contribution in [0.25, 0.3) is 0 Å². The molecule has 0 bridgehead atoms. The predicted molar refractivity (Wildman–Crippen MR) is 106 cm³/mol. The first-order valence-corrected chi connectivity index (χ1v) is 10.1. The van der Waals surface area contributed by atoms with E-state index in [0.29, 0.717) is 52.0 Å². The van der Waals surface area contributed by atoms with Crippen LogP contribution in [0.5, 0.6) is 0 Å². The van der Waals surface area contributed by atoms with Crippen molar-refractivity contribution in [1.82, 2.24) is 24.3 Å². The third kappa shape index (κ3) is 4.48. The first-order chi connectivity index (χ1) is 14.0. The molecule has 2 aliphatic heterocycles. The Bertz CT molecular complexity index is 831. The molecule has 1 amide bonds. The number of nitrogens with zero attached hydrogens (tertiary/aromatic N) is 5. The van der Waals surface area contributed by atoms with E-state index in [0.717, 1.165) is 5.56 Å². The van der Waals surface area contributed by atoms with Gasteiger partial charge in [-0.1, -0.05) is 6.07 Å². The minimum Gasteiger partial charge on any atom is -0.460 e. The average Bonchev–Trinajstić information content (AvgIpc) is 3.31. The maximum atomic E-state index is 12.7.